The van der Waals surface area contributed by atoms with Crippen LogP contribution in [0.25, 0.3) is 11.3 Å². The molecule has 3 aromatic heterocycles. The average Bonchev–Trinajstić information content (AvgIpc) is 3.77. The molecule has 0 radical (unpaired) electrons. The monoisotopic (exact) mass is 569 g/mol. The van der Waals surface area contributed by atoms with Crippen LogP contribution in [-0.2, 0) is 4.79 Å². The molecule has 1 aliphatic carbocycles. The van der Waals surface area contributed by atoms with Crippen LogP contribution in [0.3, 0.4) is 0 Å². The number of ether oxygens (including phenoxy) is 1. The van der Waals surface area contributed by atoms with Crippen LogP contribution in [0, 0.1) is 31.4 Å². The van der Waals surface area contributed by atoms with Crippen LogP contribution >= 0.6 is 0 Å². The zero-order valence-electron chi connectivity index (χ0n) is 22.7. The first-order valence-electron chi connectivity index (χ1n) is 13.2. The number of fused-ring (bicyclic) bond motifs is 1. The molecular weight excluding hydrogens is 544 g/mol. The molecule has 0 spiro atoms. The normalized spacial score (nSPS) is 12.8. The Morgan fingerprint density at radius 1 is 0.952 bits per heavy atom. The van der Waals surface area contributed by atoms with Crippen LogP contribution in [0.4, 0.5) is 20.3 Å². The van der Waals surface area contributed by atoms with Gasteiger partial charge in [-0.3, -0.25) is 23.4 Å². The average molecular weight is 570 g/mol. The third-order valence-corrected chi connectivity index (χ3v) is 7.04. The number of nitrogens with one attached hydrogen (secondary N) is 2. The van der Waals surface area contributed by atoms with Crippen molar-refractivity contribution >= 4 is 29.0 Å². The summed E-state index contributed by atoms with van der Waals surface area (Å²) in [7, 11) is 0. The summed E-state index contributed by atoms with van der Waals surface area (Å²) in [6, 6.07) is 15.6. The third kappa shape index (κ3) is 5.24. The van der Waals surface area contributed by atoms with Crippen molar-refractivity contribution in [3.05, 3.63) is 112 Å². The summed E-state index contributed by atoms with van der Waals surface area (Å²) in [6.07, 6.45) is 3.41. The predicted molar refractivity (Wildman–Crippen MR) is 152 cm³/mol. The van der Waals surface area contributed by atoms with Crippen LogP contribution in [0.2, 0.25) is 0 Å². The van der Waals surface area contributed by atoms with Gasteiger partial charge in [0, 0.05) is 29.1 Å². The van der Waals surface area contributed by atoms with Crippen molar-refractivity contribution in [3.8, 4) is 17.2 Å². The number of halogens is 2. The Kier molecular flexibility index (Phi) is 6.77. The number of benzene rings is 2. The quantitative estimate of drug-likeness (QED) is 0.259. The number of amides is 2. The lowest BCUT2D eigenvalue weighted by Crippen LogP contribution is -2.29. The second kappa shape index (κ2) is 10.6. The molecule has 5 aromatic rings. The van der Waals surface area contributed by atoms with Crippen molar-refractivity contribution in [1.29, 1.82) is 0 Å². The van der Waals surface area contributed by atoms with Crippen molar-refractivity contribution in [2.75, 3.05) is 10.6 Å². The van der Waals surface area contributed by atoms with Gasteiger partial charge in [0.05, 0.1) is 11.9 Å². The van der Waals surface area contributed by atoms with E-state index in [1.165, 1.54) is 47.0 Å². The number of rotatable bonds is 7. The fraction of sp³-hybridized carbons (Fsp3) is 0.161. The summed E-state index contributed by atoms with van der Waals surface area (Å²) in [5.74, 6) is -1.20. The highest BCUT2D eigenvalue weighted by Crippen LogP contribution is 2.32. The number of carbonyl (C=O) groups is 2. The lowest BCUT2D eigenvalue weighted by Gasteiger charge is -2.13. The fourth-order valence-electron chi connectivity index (χ4n) is 4.59. The Labute approximate surface area is 238 Å². The van der Waals surface area contributed by atoms with Crippen LogP contribution < -0.4 is 20.9 Å². The van der Waals surface area contributed by atoms with Gasteiger partial charge >= 0.3 is 0 Å². The molecule has 1 fully saturated rings. The molecule has 212 valence electrons. The number of anilines is 2. The summed E-state index contributed by atoms with van der Waals surface area (Å²) in [6.45, 7) is 3.51. The summed E-state index contributed by atoms with van der Waals surface area (Å²) in [5.41, 5.74) is 1.62. The molecule has 2 N–H and O–H groups in total. The van der Waals surface area contributed by atoms with E-state index in [-0.39, 0.29) is 28.8 Å². The minimum absolute atomic E-state index is 0.0425. The van der Waals surface area contributed by atoms with Gasteiger partial charge in [0.1, 0.15) is 22.8 Å². The summed E-state index contributed by atoms with van der Waals surface area (Å²) in [5, 5.41) is 5.40. The Hall–Kier alpha value is -5.32. The van der Waals surface area contributed by atoms with Gasteiger partial charge in [-0.05, 0) is 87.4 Å². The van der Waals surface area contributed by atoms with Gasteiger partial charge in [0.25, 0.3) is 11.5 Å². The standard InChI is InChI=1S/C31H25F2N5O4/c1-17-3-12-24(31(41)38(17)22-9-6-20(32)7-10-22)30(40)34-21-8-13-26(25(33)15-21)42-23-11-14-27-35-28(18(2)37(27)16-23)36-29(39)19-4-5-19/h3,6-16,19H,4-5H2,1-2H3,(H,34,40)(H,36,39). The number of aromatic nitrogens is 3. The van der Waals surface area contributed by atoms with E-state index < -0.39 is 23.1 Å². The van der Waals surface area contributed by atoms with E-state index in [4.69, 9.17) is 4.74 Å². The van der Waals surface area contributed by atoms with Gasteiger partial charge in [-0.25, -0.2) is 13.8 Å². The van der Waals surface area contributed by atoms with Crippen molar-refractivity contribution in [1.82, 2.24) is 14.0 Å². The van der Waals surface area contributed by atoms with Gasteiger partial charge in [-0.15, -0.1) is 0 Å². The smallest absolute Gasteiger partial charge is 0.268 e. The molecule has 0 atom stereocenters. The Morgan fingerprint density at radius 2 is 1.71 bits per heavy atom. The zero-order valence-corrected chi connectivity index (χ0v) is 22.7. The van der Waals surface area contributed by atoms with Crippen molar-refractivity contribution < 1.29 is 23.1 Å². The number of imidazole rings is 1. The highest BCUT2D eigenvalue weighted by atomic mass is 19.1. The van der Waals surface area contributed by atoms with Crippen LogP contribution in [0.5, 0.6) is 11.5 Å². The molecule has 3 heterocycles. The molecule has 11 heteroatoms. The third-order valence-electron chi connectivity index (χ3n) is 7.04. The second-order valence-electron chi connectivity index (χ2n) is 10.1. The molecule has 1 saturated carbocycles. The van der Waals surface area contributed by atoms with E-state index in [2.05, 4.69) is 15.6 Å². The molecule has 1 aliphatic rings. The Balaban J connectivity index is 1.19. The summed E-state index contributed by atoms with van der Waals surface area (Å²) >= 11 is 0. The number of hydrogen-bond donors (Lipinski definition) is 2. The summed E-state index contributed by atoms with van der Waals surface area (Å²) in [4.78, 5) is 42.7. The first kappa shape index (κ1) is 26.9. The molecule has 0 aliphatic heterocycles. The SMILES string of the molecule is Cc1ccc(C(=O)Nc2ccc(Oc3ccc4nc(NC(=O)C5CC5)c(C)n4c3)c(F)c2)c(=O)n1-c1ccc(F)cc1. The largest absolute Gasteiger partial charge is 0.453 e. The molecule has 0 bridgehead atoms. The maximum absolute atomic E-state index is 15.0. The fourth-order valence-corrected chi connectivity index (χ4v) is 4.59. The van der Waals surface area contributed by atoms with Gasteiger partial charge in [-0.1, -0.05) is 0 Å². The van der Waals surface area contributed by atoms with E-state index >= 15 is 4.39 Å². The molecule has 0 saturated heterocycles. The van der Waals surface area contributed by atoms with E-state index in [9.17, 15) is 18.8 Å². The number of aryl methyl sites for hydroxylation is 2. The molecule has 2 aromatic carbocycles. The highest BCUT2D eigenvalue weighted by Gasteiger charge is 2.30. The van der Waals surface area contributed by atoms with Crippen LogP contribution in [0.15, 0.2) is 77.7 Å². The number of pyridine rings is 2. The second-order valence-corrected chi connectivity index (χ2v) is 10.1. The van der Waals surface area contributed by atoms with Gasteiger partial charge in [0.2, 0.25) is 5.91 Å². The first-order valence-corrected chi connectivity index (χ1v) is 13.2. The molecule has 6 rings (SSSR count). The number of carbonyl (C=O) groups excluding carboxylic acids is 2. The molecule has 0 unspecified atom stereocenters. The first-order chi connectivity index (χ1) is 20.2. The molecule has 9 nitrogen and oxygen atoms in total. The molecular formula is C31H25F2N5O4. The lowest BCUT2D eigenvalue weighted by molar-refractivity contribution is -0.117. The maximum atomic E-state index is 15.0. The minimum atomic E-state index is -0.736. The molecule has 42 heavy (non-hydrogen) atoms. The number of nitrogens with zero attached hydrogens (tertiary/aromatic N) is 3. The van der Waals surface area contributed by atoms with Gasteiger partial charge in [-0.2, -0.15) is 0 Å². The topological polar surface area (TPSA) is 107 Å². The minimum Gasteiger partial charge on any atom is -0.453 e. The van der Waals surface area contributed by atoms with E-state index in [1.807, 2.05) is 6.92 Å². The van der Waals surface area contributed by atoms with Crippen molar-refractivity contribution in [3.63, 3.8) is 0 Å². The van der Waals surface area contributed by atoms with Crippen molar-refractivity contribution in [2.45, 2.75) is 26.7 Å². The highest BCUT2D eigenvalue weighted by molar-refractivity contribution is 6.04. The maximum Gasteiger partial charge on any atom is 0.268 e. The van der Waals surface area contributed by atoms with Gasteiger partial charge in [0.15, 0.2) is 17.4 Å². The van der Waals surface area contributed by atoms with E-state index in [0.29, 0.717) is 34.3 Å². The number of hydrogen-bond acceptors (Lipinski definition) is 5. The molecule has 2 amide bonds. The lowest BCUT2D eigenvalue weighted by atomic mass is 10.2. The van der Waals surface area contributed by atoms with E-state index in [1.54, 1.807) is 35.7 Å². The van der Waals surface area contributed by atoms with Crippen molar-refractivity contribution in [2.24, 2.45) is 5.92 Å². The van der Waals surface area contributed by atoms with Crippen LogP contribution in [0.1, 0.15) is 34.6 Å². The van der Waals surface area contributed by atoms with Gasteiger partial charge < -0.3 is 15.4 Å². The predicted octanol–water partition coefficient (Wildman–Crippen LogP) is 5.77. The van der Waals surface area contributed by atoms with Crippen LogP contribution in [-0.4, -0.2) is 25.8 Å². The summed E-state index contributed by atoms with van der Waals surface area (Å²) < 4.78 is 37.2. The Bertz CT molecular complexity index is 1930. The van der Waals surface area contributed by atoms with E-state index in [0.717, 1.165) is 18.9 Å². The Morgan fingerprint density at radius 3 is 2.43 bits per heavy atom. The zero-order chi connectivity index (χ0) is 29.5.